The van der Waals surface area contributed by atoms with Crippen molar-refractivity contribution >= 4 is 30.0 Å². The van der Waals surface area contributed by atoms with Gasteiger partial charge < -0.3 is 29.0 Å². The molecule has 210 valence electrons. The van der Waals surface area contributed by atoms with Crippen molar-refractivity contribution in [2.24, 2.45) is 17.8 Å². The van der Waals surface area contributed by atoms with Gasteiger partial charge in [0.15, 0.2) is 23.6 Å². The summed E-state index contributed by atoms with van der Waals surface area (Å²) in [7, 11) is 0. The van der Waals surface area contributed by atoms with Gasteiger partial charge in [0.25, 0.3) is 5.91 Å². The van der Waals surface area contributed by atoms with Gasteiger partial charge in [-0.05, 0) is 37.8 Å². The number of cyclic esters (lactones) is 2. The van der Waals surface area contributed by atoms with Crippen LogP contribution in [0.2, 0.25) is 0 Å². The first-order valence-corrected chi connectivity index (χ1v) is 12.5. The molecule has 12 nitrogen and oxygen atoms in total. The Morgan fingerprint density at radius 3 is 2.45 bits per heavy atom. The van der Waals surface area contributed by atoms with Gasteiger partial charge in [-0.1, -0.05) is 34.6 Å². The monoisotopic (exact) mass is 536 g/mol. The zero-order chi connectivity index (χ0) is 28.6. The van der Waals surface area contributed by atoms with E-state index in [1.54, 1.807) is 27.7 Å². The van der Waals surface area contributed by atoms with Crippen LogP contribution in [0.3, 0.4) is 0 Å². The summed E-state index contributed by atoms with van der Waals surface area (Å²) < 4.78 is 26.5. The number of aryl methyl sites for hydroxylation is 1. The minimum absolute atomic E-state index is 0.0700. The summed E-state index contributed by atoms with van der Waals surface area (Å²) >= 11 is 0. The summed E-state index contributed by atoms with van der Waals surface area (Å²) in [5.41, 5.74) is 0.137. The van der Waals surface area contributed by atoms with Gasteiger partial charge in [-0.2, -0.15) is 0 Å². The van der Waals surface area contributed by atoms with Crippen LogP contribution in [0.1, 0.15) is 64.0 Å². The highest BCUT2D eigenvalue weighted by Crippen LogP contribution is 2.25. The topological polar surface area (TPSA) is 156 Å². The molecule has 0 radical (unpaired) electrons. The van der Waals surface area contributed by atoms with E-state index in [4.69, 9.17) is 23.7 Å². The molecule has 1 aromatic heterocycles. The first-order chi connectivity index (χ1) is 17.8. The third-order valence-corrected chi connectivity index (χ3v) is 5.65. The minimum atomic E-state index is -1.41. The Bertz CT molecular complexity index is 1040. The number of carbonyl (C=O) groups is 5. The lowest BCUT2D eigenvalue weighted by atomic mass is 9.95. The fourth-order valence-corrected chi connectivity index (χ4v) is 3.49. The van der Waals surface area contributed by atoms with E-state index in [0.29, 0.717) is 5.56 Å². The lowest BCUT2D eigenvalue weighted by Crippen LogP contribution is -2.47. The highest BCUT2D eigenvalue weighted by atomic mass is 16.7. The van der Waals surface area contributed by atoms with Gasteiger partial charge in [0.2, 0.25) is 0 Å². The Morgan fingerprint density at radius 1 is 1.16 bits per heavy atom. The largest absolute Gasteiger partial charge is 0.513 e. The molecule has 0 aromatic carbocycles. The molecule has 2 heterocycles. The third-order valence-electron chi connectivity index (χ3n) is 5.65. The summed E-state index contributed by atoms with van der Waals surface area (Å²) in [6, 6.07) is 0.122. The number of nitrogens with zero attached hydrogens (tertiary/aromatic N) is 1. The van der Waals surface area contributed by atoms with Crippen molar-refractivity contribution in [2.75, 3.05) is 13.2 Å². The van der Waals surface area contributed by atoms with E-state index in [1.807, 2.05) is 13.8 Å². The van der Waals surface area contributed by atoms with Crippen LogP contribution in [0.15, 0.2) is 12.3 Å². The summed E-state index contributed by atoms with van der Waals surface area (Å²) in [6.07, 6.45) is -1.50. The molecule has 1 fully saturated rings. The molecular formula is C26H36N2O10. The molecule has 12 heteroatoms. The quantitative estimate of drug-likeness (QED) is 0.385. The number of rotatable bonds is 8. The van der Waals surface area contributed by atoms with Crippen molar-refractivity contribution < 1.29 is 47.7 Å². The van der Waals surface area contributed by atoms with Crippen LogP contribution in [-0.4, -0.2) is 66.4 Å². The number of amides is 1. The Balaban J connectivity index is 2.25. The molecule has 2 rings (SSSR count). The molecule has 1 aliphatic rings. The van der Waals surface area contributed by atoms with Crippen molar-refractivity contribution in [3.8, 4) is 5.75 Å². The Labute approximate surface area is 221 Å². The second-order valence-corrected chi connectivity index (χ2v) is 9.73. The van der Waals surface area contributed by atoms with E-state index < -0.39 is 66.7 Å². The highest BCUT2D eigenvalue weighted by Gasteiger charge is 2.41. The maximum atomic E-state index is 13.1. The molecule has 1 amide bonds. The Hall–Kier alpha value is -3.70. The number of carbonyl (C=O) groups excluding carboxylic acids is 5. The van der Waals surface area contributed by atoms with Gasteiger partial charge >= 0.3 is 24.1 Å². The van der Waals surface area contributed by atoms with Gasteiger partial charge in [0.1, 0.15) is 12.7 Å². The van der Waals surface area contributed by atoms with E-state index >= 15 is 0 Å². The smallest absolute Gasteiger partial charge is 0.463 e. The SMILES string of the molecule is CC[C@H]1C(=O)OC[C@H](NC(=O)c2nccc(C)c2OC(=O)OCC(C)C)C(=O)O[C@@H](C)[C@@H]1OC(=O)C(C)C. The molecule has 0 unspecified atom stereocenters. The molecule has 0 spiro atoms. The van der Waals surface area contributed by atoms with Gasteiger partial charge in [-0.25, -0.2) is 14.6 Å². The molecule has 0 bridgehead atoms. The first-order valence-electron chi connectivity index (χ1n) is 12.5. The number of ether oxygens (including phenoxy) is 5. The maximum absolute atomic E-state index is 13.1. The highest BCUT2D eigenvalue weighted by molar-refractivity contribution is 5.98. The lowest BCUT2D eigenvalue weighted by molar-refractivity contribution is -0.176. The lowest BCUT2D eigenvalue weighted by Gasteiger charge is -2.29. The van der Waals surface area contributed by atoms with Gasteiger partial charge in [0, 0.05) is 6.20 Å². The molecule has 1 saturated heterocycles. The number of hydrogen-bond acceptors (Lipinski definition) is 11. The van der Waals surface area contributed by atoms with Crippen LogP contribution < -0.4 is 10.1 Å². The van der Waals surface area contributed by atoms with Crippen molar-refractivity contribution in [3.63, 3.8) is 0 Å². The summed E-state index contributed by atoms with van der Waals surface area (Å²) in [6.45, 7) is 11.4. The number of aromatic nitrogens is 1. The van der Waals surface area contributed by atoms with E-state index in [9.17, 15) is 24.0 Å². The summed E-state index contributed by atoms with van der Waals surface area (Å²) in [4.78, 5) is 67.2. The van der Waals surface area contributed by atoms with E-state index in [2.05, 4.69) is 10.3 Å². The molecular weight excluding hydrogens is 500 g/mol. The second kappa shape index (κ2) is 13.7. The molecule has 1 aliphatic heterocycles. The number of nitrogens with one attached hydrogen (secondary N) is 1. The average molecular weight is 537 g/mol. The van der Waals surface area contributed by atoms with Crippen molar-refractivity contribution in [1.29, 1.82) is 0 Å². The number of pyridine rings is 1. The van der Waals surface area contributed by atoms with E-state index in [-0.39, 0.29) is 30.4 Å². The standard InChI is InChI=1S/C26H36N2O10/c1-8-17-21(37-23(30)14(4)5)16(7)36-25(32)18(12-34-24(17)31)28-22(29)19-20(15(6)9-10-27-19)38-26(33)35-11-13(2)3/h9-10,13-14,16-18,21H,8,11-12H2,1-7H3,(H,28,29)/t16-,17+,18-,21-/m0/s1. The normalized spacial score (nSPS) is 21.9. The zero-order valence-electron chi connectivity index (χ0n) is 22.8. The van der Waals surface area contributed by atoms with Crippen LogP contribution in [0.4, 0.5) is 4.79 Å². The van der Waals surface area contributed by atoms with Crippen LogP contribution in [0.5, 0.6) is 5.75 Å². The van der Waals surface area contributed by atoms with Crippen molar-refractivity contribution in [1.82, 2.24) is 10.3 Å². The average Bonchev–Trinajstić information content (AvgIpc) is 2.88. The fraction of sp³-hybridized carbons (Fsp3) is 0.615. The van der Waals surface area contributed by atoms with E-state index in [0.717, 1.165) is 0 Å². The number of esters is 3. The molecule has 0 saturated carbocycles. The van der Waals surface area contributed by atoms with Gasteiger partial charge in [-0.3, -0.25) is 14.4 Å². The third kappa shape index (κ3) is 8.15. The number of hydrogen-bond donors (Lipinski definition) is 1. The van der Waals surface area contributed by atoms with Crippen LogP contribution in [0.25, 0.3) is 0 Å². The molecule has 38 heavy (non-hydrogen) atoms. The molecule has 0 aliphatic carbocycles. The first kappa shape index (κ1) is 30.5. The Kier molecular flexibility index (Phi) is 11.0. The van der Waals surface area contributed by atoms with E-state index in [1.165, 1.54) is 19.2 Å². The van der Waals surface area contributed by atoms with Gasteiger partial charge in [0.05, 0.1) is 18.4 Å². The summed E-state index contributed by atoms with van der Waals surface area (Å²) in [5, 5.41) is 2.43. The molecule has 4 atom stereocenters. The van der Waals surface area contributed by atoms with Crippen molar-refractivity contribution in [2.45, 2.75) is 73.1 Å². The maximum Gasteiger partial charge on any atom is 0.513 e. The van der Waals surface area contributed by atoms with Gasteiger partial charge in [-0.15, -0.1) is 0 Å². The zero-order valence-corrected chi connectivity index (χ0v) is 22.8. The van der Waals surface area contributed by atoms with Crippen LogP contribution >= 0.6 is 0 Å². The van der Waals surface area contributed by atoms with Crippen LogP contribution in [-0.2, 0) is 33.3 Å². The Morgan fingerprint density at radius 2 is 1.84 bits per heavy atom. The second-order valence-electron chi connectivity index (χ2n) is 9.73. The molecule has 1 N–H and O–H groups in total. The molecule has 1 aromatic rings. The predicted octanol–water partition coefficient (Wildman–Crippen LogP) is 2.74. The van der Waals surface area contributed by atoms with Crippen molar-refractivity contribution in [3.05, 3.63) is 23.5 Å². The minimum Gasteiger partial charge on any atom is -0.463 e. The fourth-order valence-electron chi connectivity index (χ4n) is 3.49. The predicted molar refractivity (Wildman–Crippen MR) is 132 cm³/mol. The summed E-state index contributed by atoms with van der Waals surface area (Å²) in [5.74, 6) is -4.47. The van der Waals surface area contributed by atoms with Crippen LogP contribution in [0, 0.1) is 24.7 Å².